The lowest BCUT2D eigenvalue weighted by molar-refractivity contribution is -0.139. The summed E-state index contributed by atoms with van der Waals surface area (Å²) >= 11 is 6.06. The highest BCUT2D eigenvalue weighted by molar-refractivity contribution is 6.30. The first kappa shape index (κ1) is 16.7. The molecular formula is C16H19ClN4O3. The quantitative estimate of drug-likeness (QED) is 0.815. The molecule has 3 rings (SSSR count). The van der Waals surface area contributed by atoms with E-state index >= 15 is 0 Å². The molecule has 1 unspecified atom stereocenters. The second-order valence-corrected chi connectivity index (χ2v) is 6.42. The van der Waals surface area contributed by atoms with Gasteiger partial charge in [-0.25, -0.2) is 4.79 Å². The normalized spacial score (nSPS) is 21.6. The number of rotatable bonds is 3. The number of carbonyl (C=O) groups is 3. The average molecular weight is 351 g/mol. The Balaban J connectivity index is 1.77. The Labute approximate surface area is 145 Å². The zero-order valence-electron chi connectivity index (χ0n) is 13.4. The van der Waals surface area contributed by atoms with Crippen LogP contribution in [0.2, 0.25) is 5.02 Å². The average Bonchev–Trinajstić information content (AvgIpc) is 2.81. The first-order valence-corrected chi connectivity index (χ1v) is 8.16. The number of hydrogen-bond acceptors (Lipinski definition) is 4. The summed E-state index contributed by atoms with van der Waals surface area (Å²) in [6.45, 7) is 1.59. The molecule has 0 bridgehead atoms. The van der Waals surface area contributed by atoms with Crippen LogP contribution in [0.1, 0.15) is 11.6 Å². The maximum atomic E-state index is 12.7. The molecule has 0 spiro atoms. The zero-order chi connectivity index (χ0) is 17.3. The lowest BCUT2D eigenvalue weighted by atomic mass is 10.0. The molecule has 7 nitrogen and oxygen atoms in total. The van der Waals surface area contributed by atoms with Crippen LogP contribution in [0.4, 0.5) is 4.79 Å². The molecule has 0 aromatic heterocycles. The number of piperazine rings is 1. The fourth-order valence-electron chi connectivity index (χ4n) is 3.07. The van der Waals surface area contributed by atoms with E-state index in [9.17, 15) is 14.4 Å². The minimum atomic E-state index is -0.428. The molecular weight excluding hydrogens is 332 g/mol. The van der Waals surface area contributed by atoms with Crippen LogP contribution in [-0.4, -0.2) is 72.3 Å². The number of imide groups is 1. The Hall–Kier alpha value is -2.12. The minimum absolute atomic E-state index is 0.0192. The topological polar surface area (TPSA) is 73.0 Å². The van der Waals surface area contributed by atoms with E-state index in [1.165, 1.54) is 4.90 Å². The van der Waals surface area contributed by atoms with E-state index in [1.54, 1.807) is 18.0 Å². The number of amides is 4. The highest BCUT2D eigenvalue weighted by Gasteiger charge is 2.37. The summed E-state index contributed by atoms with van der Waals surface area (Å²) in [5.41, 5.74) is 0.930. The highest BCUT2D eigenvalue weighted by atomic mass is 35.5. The van der Waals surface area contributed by atoms with Gasteiger partial charge in [0.05, 0.1) is 6.04 Å². The van der Waals surface area contributed by atoms with Crippen LogP contribution in [0.5, 0.6) is 0 Å². The molecule has 0 saturated carbocycles. The van der Waals surface area contributed by atoms with Crippen molar-refractivity contribution >= 4 is 29.4 Å². The SMILES string of the molecule is CN1CC(=O)N(CC(=O)N2CCNCC2c2cccc(Cl)c2)C1=O. The Bertz CT molecular complexity index is 681. The van der Waals surface area contributed by atoms with E-state index in [0.717, 1.165) is 10.5 Å². The van der Waals surface area contributed by atoms with Gasteiger partial charge in [-0.15, -0.1) is 0 Å². The van der Waals surface area contributed by atoms with Crippen molar-refractivity contribution in [1.29, 1.82) is 0 Å². The van der Waals surface area contributed by atoms with E-state index < -0.39 is 6.03 Å². The monoisotopic (exact) mass is 350 g/mol. The van der Waals surface area contributed by atoms with Gasteiger partial charge in [-0.1, -0.05) is 23.7 Å². The summed E-state index contributed by atoms with van der Waals surface area (Å²) in [5.74, 6) is -0.580. The molecule has 128 valence electrons. The smallest absolute Gasteiger partial charge is 0.327 e. The van der Waals surface area contributed by atoms with Crippen molar-refractivity contribution in [2.75, 3.05) is 39.8 Å². The third-order valence-corrected chi connectivity index (χ3v) is 4.56. The molecule has 2 saturated heterocycles. The molecule has 2 aliphatic rings. The van der Waals surface area contributed by atoms with Gasteiger partial charge in [0.15, 0.2) is 0 Å². The summed E-state index contributed by atoms with van der Waals surface area (Å²) in [6, 6.07) is 6.78. The molecule has 0 aliphatic carbocycles. The summed E-state index contributed by atoms with van der Waals surface area (Å²) in [7, 11) is 1.55. The van der Waals surface area contributed by atoms with E-state index in [0.29, 0.717) is 24.7 Å². The predicted molar refractivity (Wildman–Crippen MR) is 88.5 cm³/mol. The second-order valence-electron chi connectivity index (χ2n) is 5.98. The summed E-state index contributed by atoms with van der Waals surface area (Å²) in [5, 5.41) is 3.87. The lowest BCUT2D eigenvalue weighted by Crippen LogP contribution is -2.52. The number of urea groups is 1. The van der Waals surface area contributed by atoms with Crippen molar-refractivity contribution in [2.45, 2.75) is 6.04 Å². The van der Waals surface area contributed by atoms with Gasteiger partial charge < -0.3 is 15.1 Å². The first-order valence-electron chi connectivity index (χ1n) is 7.78. The van der Waals surface area contributed by atoms with Crippen molar-refractivity contribution in [2.24, 2.45) is 0 Å². The summed E-state index contributed by atoms with van der Waals surface area (Å²) in [4.78, 5) is 40.6. The Morgan fingerprint density at radius 1 is 1.38 bits per heavy atom. The molecule has 4 amide bonds. The van der Waals surface area contributed by atoms with Gasteiger partial charge in [0.1, 0.15) is 13.1 Å². The zero-order valence-corrected chi connectivity index (χ0v) is 14.1. The second kappa shape index (κ2) is 6.78. The Morgan fingerprint density at radius 2 is 2.17 bits per heavy atom. The van der Waals surface area contributed by atoms with Crippen LogP contribution in [0.3, 0.4) is 0 Å². The maximum Gasteiger partial charge on any atom is 0.327 e. The number of benzene rings is 1. The maximum absolute atomic E-state index is 12.7. The molecule has 2 aliphatic heterocycles. The standard InChI is InChI=1S/C16H19ClN4O3/c1-19-9-14(22)21(16(19)24)10-15(23)20-6-5-18-8-13(20)11-3-2-4-12(17)7-11/h2-4,7,13,18H,5-6,8-10H2,1H3. The van der Waals surface area contributed by atoms with E-state index in [1.807, 2.05) is 18.2 Å². The molecule has 24 heavy (non-hydrogen) atoms. The van der Waals surface area contributed by atoms with Crippen LogP contribution >= 0.6 is 11.6 Å². The van der Waals surface area contributed by atoms with Gasteiger partial charge in [0, 0.05) is 31.7 Å². The van der Waals surface area contributed by atoms with Crippen LogP contribution < -0.4 is 5.32 Å². The lowest BCUT2D eigenvalue weighted by Gasteiger charge is -2.37. The van der Waals surface area contributed by atoms with Crippen LogP contribution in [0, 0.1) is 0 Å². The first-order chi connectivity index (χ1) is 11.5. The number of nitrogens with zero attached hydrogens (tertiary/aromatic N) is 3. The summed E-state index contributed by atoms with van der Waals surface area (Å²) < 4.78 is 0. The van der Waals surface area contributed by atoms with Crippen LogP contribution in [0.25, 0.3) is 0 Å². The van der Waals surface area contributed by atoms with E-state index in [4.69, 9.17) is 11.6 Å². The molecule has 2 fully saturated rings. The summed E-state index contributed by atoms with van der Waals surface area (Å²) in [6.07, 6.45) is 0. The van der Waals surface area contributed by atoms with Crippen molar-refractivity contribution in [1.82, 2.24) is 20.0 Å². The molecule has 0 radical (unpaired) electrons. The third-order valence-electron chi connectivity index (χ3n) is 4.32. The van der Waals surface area contributed by atoms with Gasteiger partial charge in [-0.2, -0.15) is 0 Å². The molecule has 1 N–H and O–H groups in total. The Morgan fingerprint density at radius 3 is 2.83 bits per heavy atom. The van der Waals surface area contributed by atoms with Gasteiger partial charge in [0.2, 0.25) is 5.91 Å². The van der Waals surface area contributed by atoms with Crippen LogP contribution in [-0.2, 0) is 9.59 Å². The molecule has 8 heteroatoms. The largest absolute Gasteiger partial charge is 0.332 e. The Kier molecular flexibility index (Phi) is 4.73. The number of nitrogens with one attached hydrogen (secondary N) is 1. The number of hydrogen-bond donors (Lipinski definition) is 1. The van der Waals surface area contributed by atoms with Gasteiger partial charge in [-0.05, 0) is 17.7 Å². The van der Waals surface area contributed by atoms with Crippen molar-refractivity contribution in [3.05, 3.63) is 34.9 Å². The van der Waals surface area contributed by atoms with Gasteiger partial charge in [0.25, 0.3) is 5.91 Å². The number of carbonyl (C=O) groups excluding carboxylic acids is 3. The van der Waals surface area contributed by atoms with Gasteiger partial charge in [-0.3, -0.25) is 14.5 Å². The fraction of sp³-hybridized carbons (Fsp3) is 0.438. The molecule has 1 atom stereocenters. The fourth-order valence-corrected chi connectivity index (χ4v) is 3.26. The van der Waals surface area contributed by atoms with Crippen molar-refractivity contribution in [3.63, 3.8) is 0 Å². The minimum Gasteiger partial charge on any atom is -0.332 e. The van der Waals surface area contributed by atoms with Crippen molar-refractivity contribution < 1.29 is 14.4 Å². The number of likely N-dealkylation sites (N-methyl/N-ethyl adjacent to an activating group) is 1. The molecule has 1 aromatic carbocycles. The van der Waals surface area contributed by atoms with Gasteiger partial charge >= 0.3 is 6.03 Å². The predicted octanol–water partition coefficient (Wildman–Crippen LogP) is 0.707. The molecule has 1 aromatic rings. The number of halogens is 1. The van der Waals surface area contributed by atoms with Crippen molar-refractivity contribution in [3.8, 4) is 0 Å². The molecule has 2 heterocycles. The van der Waals surface area contributed by atoms with E-state index in [-0.39, 0.29) is 30.9 Å². The highest BCUT2D eigenvalue weighted by Crippen LogP contribution is 2.25. The van der Waals surface area contributed by atoms with Crippen LogP contribution in [0.15, 0.2) is 24.3 Å². The van der Waals surface area contributed by atoms with E-state index in [2.05, 4.69) is 5.32 Å². The third kappa shape index (κ3) is 3.22.